The van der Waals surface area contributed by atoms with Gasteiger partial charge in [0.2, 0.25) is 0 Å². The second-order valence-corrected chi connectivity index (χ2v) is 4.42. The molecule has 0 bridgehead atoms. The standard InChI is InChI=1S/C11H14ClNO/c1-14-10-3-2-8(6-9(10)12)7-11(13)4-5-11/h2-3,6H,4-5,7,13H2,1H3. The zero-order valence-electron chi connectivity index (χ0n) is 8.22. The van der Waals surface area contributed by atoms with Gasteiger partial charge in [-0.25, -0.2) is 0 Å². The SMILES string of the molecule is COc1ccc(CC2(N)CC2)cc1Cl. The Morgan fingerprint density at radius 2 is 2.21 bits per heavy atom. The predicted molar refractivity (Wildman–Crippen MR) is 57.9 cm³/mol. The molecule has 1 fully saturated rings. The largest absolute Gasteiger partial charge is 0.495 e. The Bertz CT molecular complexity index is 347. The van der Waals surface area contributed by atoms with Gasteiger partial charge in [0.1, 0.15) is 5.75 Å². The molecule has 2 N–H and O–H groups in total. The minimum absolute atomic E-state index is 0.0396. The Hall–Kier alpha value is -0.730. The first-order chi connectivity index (χ1) is 6.63. The van der Waals surface area contributed by atoms with Gasteiger partial charge < -0.3 is 10.5 Å². The van der Waals surface area contributed by atoms with Crippen LogP contribution in [0.25, 0.3) is 0 Å². The molecule has 3 heteroatoms. The molecular formula is C11H14ClNO. The quantitative estimate of drug-likeness (QED) is 0.833. The van der Waals surface area contributed by atoms with Crippen LogP contribution in [0, 0.1) is 0 Å². The zero-order valence-corrected chi connectivity index (χ0v) is 8.97. The van der Waals surface area contributed by atoms with Gasteiger partial charge in [0.05, 0.1) is 12.1 Å². The van der Waals surface area contributed by atoms with Crippen molar-refractivity contribution in [1.82, 2.24) is 0 Å². The van der Waals surface area contributed by atoms with Gasteiger partial charge in [-0.15, -0.1) is 0 Å². The Balaban J connectivity index is 2.15. The van der Waals surface area contributed by atoms with E-state index in [1.165, 1.54) is 5.56 Å². The highest BCUT2D eigenvalue weighted by molar-refractivity contribution is 6.32. The molecule has 2 rings (SSSR count). The molecule has 0 spiro atoms. The van der Waals surface area contributed by atoms with Crippen LogP contribution in [-0.4, -0.2) is 12.6 Å². The lowest BCUT2D eigenvalue weighted by atomic mass is 10.1. The molecule has 0 aliphatic heterocycles. The molecule has 2 nitrogen and oxygen atoms in total. The number of ether oxygens (including phenoxy) is 1. The number of hydrogen-bond donors (Lipinski definition) is 1. The lowest BCUT2D eigenvalue weighted by Gasteiger charge is -2.10. The summed E-state index contributed by atoms with van der Waals surface area (Å²) in [4.78, 5) is 0. The maximum Gasteiger partial charge on any atom is 0.137 e. The van der Waals surface area contributed by atoms with Crippen molar-refractivity contribution in [2.24, 2.45) is 5.73 Å². The zero-order chi connectivity index (χ0) is 10.2. The second-order valence-electron chi connectivity index (χ2n) is 4.01. The lowest BCUT2D eigenvalue weighted by molar-refractivity contribution is 0.415. The molecule has 0 aromatic heterocycles. The molecule has 1 aromatic rings. The van der Waals surface area contributed by atoms with Crippen molar-refractivity contribution < 1.29 is 4.74 Å². The van der Waals surface area contributed by atoms with Crippen LogP contribution in [0.4, 0.5) is 0 Å². The summed E-state index contributed by atoms with van der Waals surface area (Å²) >= 11 is 6.01. The van der Waals surface area contributed by atoms with E-state index in [1.54, 1.807) is 7.11 Å². The average Bonchev–Trinajstić information content (AvgIpc) is 2.84. The number of hydrogen-bond acceptors (Lipinski definition) is 2. The van der Waals surface area contributed by atoms with Crippen molar-refractivity contribution in [1.29, 1.82) is 0 Å². The highest BCUT2D eigenvalue weighted by Gasteiger charge is 2.37. The van der Waals surface area contributed by atoms with Crippen molar-refractivity contribution >= 4 is 11.6 Å². The van der Waals surface area contributed by atoms with E-state index in [1.807, 2.05) is 18.2 Å². The van der Waals surface area contributed by atoms with Crippen LogP contribution in [0.2, 0.25) is 5.02 Å². The van der Waals surface area contributed by atoms with Crippen LogP contribution in [0.1, 0.15) is 18.4 Å². The van der Waals surface area contributed by atoms with Crippen LogP contribution in [0.15, 0.2) is 18.2 Å². The molecule has 1 aromatic carbocycles. The maximum atomic E-state index is 6.02. The van der Waals surface area contributed by atoms with E-state index < -0.39 is 0 Å². The molecule has 1 aliphatic rings. The van der Waals surface area contributed by atoms with Crippen molar-refractivity contribution in [2.75, 3.05) is 7.11 Å². The van der Waals surface area contributed by atoms with E-state index in [0.29, 0.717) is 5.02 Å². The van der Waals surface area contributed by atoms with Crippen molar-refractivity contribution in [3.05, 3.63) is 28.8 Å². The number of halogens is 1. The van der Waals surface area contributed by atoms with E-state index in [9.17, 15) is 0 Å². The van der Waals surface area contributed by atoms with Gasteiger partial charge in [-0.2, -0.15) is 0 Å². The summed E-state index contributed by atoms with van der Waals surface area (Å²) in [6, 6.07) is 5.86. The fourth-order valence-corrected chi connectivity index (χ4v) is 1.84. The normalized spacial score (nSPS) is 17.9. The summed E-state index contributed by atoms with van der Waals surface area (Å²) in [7, 11) is 1.62. The fourth-order valence-electron chi connectivity index (χ4n) is 1.56. The molecule has 0 radical (unpaired) electrons. The summed E-state index contributed by atoms with van der Waals surface area (Å²) in [5, 5.41) is 0.661. The van der Waals surface area contributed by atoms with E-state index in [-0.39, 0.29) is 5.54 Å². The van der Waals surface area contributed by atoms with Gasteiger partial charge in [0.15, 0.2) is 0 Å². The molecule has 0 heterocycles. The maximum absolute atomic E-state index is 6.02. The fraction of sp³-hybridized carbons (Fsp3) is 0.455. The van der Waals surface area contributed by atoms with E-state index in [0.717, 1.165) is 25.0 Å². The Morgan fingerprint density at radius 1 is 1.50 bits per heavy atom. The Morgan fingerprint density at radius 3 is 2.71 bits per heavy atom. The van der Waals surface area contributed by atoms with Gasteiger partial charge in [0, 0.05) is 5.54 Å². The van der Waals surface area contributed by atoms with Gasteiger partial charge >= 0.3 is 0 Å². The molecule has 1 saturated carbocycles. The Kier molecular flexibility index (Phi) is 2.41. The molecule has 0 unspecified atom stereocenters. The number of benzene rings is 1. The van der Waals surface area contributed by atoms with Gasteiger partial charge in [-0.1, -0.05) is 17.7 Å². The van der Waals surface area contributed by atoms with E-state index >= 15 is 0 Å². The first-order valence-electron chi connectivity index (χ1n) is 4.74. The summed E-state index contributed by atoms with van der Waals surface area (Å²) in [5.41, 5.74) is 7.26. The summed E-state index contributed by atoms with van der Waals surface area (Å²) < 4.78 is 5.08. The smallest absolute Gasteiger partial charge is 0.137 e. The van der Waals surface area contributed by atoms with Crippen molar-refractivity contribution in [3.63, 3.8) is 0 Å². The van der Waals surface area contributed by atoms with Crippen LogP contribution in [0.5, 0.6) is 5.75 Å². The summed E-state index contributed by atoms with van der Waals surface area (Å²) in [6.07, 6.45) is 3.16. The summed E-state index contributed by atoms with van der Waals surface area (Å²) in [5.74, 6) is 0.720. The molecule has 0 saturated heterocycles. The minimum atomic E-state index is 0.0396. The highest BCUT2D eigenvalue weighted by Crippen LogP contribution is 2.36. The predicted octanol–water partition coefficient (Wildman–Crippen LogP) is 2.38. The topological polar surface area (TPSA) is 35.2 Å². The Labute approximate surface area is 89.0 Å². The van der Waals surface area contributed by atoms with E-state index in [2.05, 4.69) is 0 Å². The van der Waals surface area contributed by atoms with Crippen molar-refractivity contribution in [3.8, 4) is 5.75 Å². The van der Waals surface area contributed by atoms with Crippen molar-refractivity contribution in [2.45, 2.75) is 24.8 Å². The number of nitrogens with two attached hydrogens (primary N) is 1. The minimum Gasteiger partial charge on any atom is -0.495 e. The van der Waals surface area contributed by atoms with Crippen LogP contribution >= 0.6 is 11.6 Å². The third-order valence-electron chi connectivity index (χ3n) is 2.66. The number of methoxy groups -OCH3 is 1. The molecule has 76 valence electrons. The first kappa shape index (κ1) is 9.81. The highest BCUT2D eigenvalue weighted by atomic mass is 35.5. The third kappa shape index (κ3) is 2.02. The average molecular weight is 212 g/mol. The number of rotatable bonds is 3. The molecule has 0 atom stereocenters. The molecule has 14 heavy (non-hydrogen) atoms. The van der Waals surface area contributed by atoms with Crippen LogP contribution in [0.3, 0.4) is 0 Å². The van der Waals surface area contributed by atoms with Crippen LogP contribution in [-0.2, 0) is 6.42 Å². The van der Waals surface area contributed by atoms with Gasteiger partial charge in [-0.3, -0.25) is 0 Å². The molecular weight excluding hydrogens is 198 g/mol. The van der Waals surface area contributed by atoms with Crippen LogP contribution < -0.4 is 10.5 Å². The molecule has 0 amide bonds. The summed E-state index contributed by atoms with van der Waals surface area (Å²) in [6.45, 7) is 0. The third-order valence-corrected chi connectivity index (χ3v) is 2.96. The second kappa shape index (κ2) is 3.44. The van der Waals surface area contributed by atoms with E-state index in [4.69, 9.17) is 22.1 Å². The first-order valence-corrected chi connectivity index (χ1v) is 5.12. The molecule has 1 aliphatic carbocycles. The monoisotopic (exact) mass is 211 g/mol. The van der Waals surface area contributed by atoms with Gasteiger partial charge in [0.25, 0.3) is 0 Å². The van der Waals surface area contributed by atoms with Gasteiger partial charge in [-0.05, 0) is 37.0 Å². The lowest BCUT2D eigenvalue weighted by Crippen LogP contribution is -2.24.